The van der Waals surface area contributed by atoms with Crippen molar-refractivity contribution in [2.75, 3.05) is 6.54 Å². The molecule has 2 aromatic carbocycles. The van der Waals surface area contributed by atoms with E-state index < -0.39 is 23.1 Å². The summed E-state index contributed by atoms with van der Waals surface area (Å²) in [5.74, 6) is -0.705. The summed E-state index contributed by atoms with van der Waals surface area (Å²) in [6.45, 7) is 0.537. The maximum absolute atomic E-state index is 13.3. The second-order valence-electron chi connectivity index (χ2n) is 8.17. The highest BCUT2D eigenvalue weighted by atomic mass is 35.5. The van der Waals surface area contributed by atoms with Gasteiger partial charge in [-0.15, -0.1) is 0 Å². The fourth-order valence-corrected chi connectivity index (χ4v) is 4.84. The molecular weight excluding hydrogens is 433 g/mol. The zero-order chi connectivity index (χ0) is 22.4. The van der Waals surface area contributed by atoms with E-state index in [0.29, 0.717) is 43.4 Å². The van der Waals surface area contributed by atoms with Crippen LogP contribution in [0.2, 0.25) is 5.02 Å². The Hall–Kier alpha value is -2.58. The number of hydroxylamine groups is 1. The third-order valence-electron chi connectivity index (χ3n) is 6.28. The number of halogens is 4. The monoisotopic (exact) mass is 452 g/mol. The molecule has 4 rings (SSSR count). The molecule has 9 heteroatoms. The van der Waals surface area contributed by atoms with Crippen LogP contribution in [-0.4, -0.2) is 28.5 Å². The lowest BCUT2D eigenvalue weighted by Crippen LogP contribution is -2.38. The van der Waals surface area contributed by atoms with Crippen molar-refractivity contribution in [3.63, 3.8) is 0 Å². The Morgan fingerprint density at radius 3 is 2.65 bits per heavy atom. The highest BCUT2D eigenvalue weighted by molar-refractivity contribution is 6.31. The Kier molecular flexibility index (Phi) is 5.47. The second-order valence-corrected chi connectivity index (χ2v) is 8.58. The molecule has 0 saturated carbocycles. The molecule has 1 saturated heterocycles. The van der Waals surface area contributed by atoms with Crippen LogP contribution in [0.5, 0.6) is 0 Å². The number of fused-ring (bicyclic) bond motifs is 1. The largest absolute Gasteiger partial charge is 0.417 e. The molecule has 2 N–H and O–H groups in total. The van der Waals surface area contributed by atoms with Gasteiger partial charge in [-0.2, -0.15) is 13.2 Å². The lowest BCUT2D eigenvalue weighted by atomic mass is 9.70. The van der Waals surface area contributed by atoms with Crippen molar-refractivity contribution in [1.82, 2.24) is 10.4 Å². The zero-order valence-electron chi connectivity index (χ0n) is 16.4. The number of benzene rings is 2. The number of rotatable bonds is 3. The topological polar surface area (TPSA) is 69.6 Å². The van der Waals surface area contributed by atoms with Gasteiger partial charge in [0.25, 0.3) is 5.91 Å². The molecule has 164 valence electrons. The van der Waals surface area contributed by atoms with E-state index in [9.17, 15) is 22.8 Å². The summed E-state index contributed by atoms with van der Waals surface area (Å²) in [6, 6.07) is 8.86. The summed E-state index contributed by atoms with van der Waals surface area (Å²) >= 11 is 5.69. The first-order chi connectivity index (χ1) is 14.6. The van der Waals surface area contributed by atoms with Crippen LogP contribution in [0, 0.1) is 5.41 Å². The van der Waals surface area contributed by atoms with Crippen LogP contribution >= 0.6 is 11.6 Å². The standard InChI is InChI=1S/C22H20ClF3N2O3/c23-18-4-1-13(9-17(18)22(24,25)26)12-28-8-7-21(20(28)30)6-5-14-2-3-15(19(29)27-31)10-16(14)11-21/h1-4,9-10,31H,5-8,11-12H2,(H,27,29). The molecular formula is C22H20ClF3N2O3. The number of amides is 2. The van der Waals surface area contributed by atoms with Crippen LogP contribution in [-0.2, 0) is 30.4 Å². The average Bonchev–Trinajstić information content (AvgIpc) is 3.02. The average molecular weight is 453 g/mol. The maximum atomic E-state index is 13.3. The van der Waals surface area contributed by atoms with E-state index in [2.05, 4.69) is 0 Å². The van der Waals surface area contributed by atoms with Gasteiger partial charge in [-0.3, -0.25) is 14.8 Å². The Balaban J connectivity index is 1.54. The Labute approximate surface area is 181 Å². The number of nitrogens with one attached hydrogen (secondary N) is 1. The first kappa shape index (κ1) is 21.6. The van der Waals surface area contributed by atoms with Crippen molar-refractivity contribution >= 4 is 23.4 Å². The molecule has 2 aromatic rings. The van der Waals surface area contributed by atoms with Gasteiger partial charge in [-0.25, -0.2) is 5.48 Å². The highest BCUT2D eigenvalue weighted by Gasteiger charge is 2.48. The number of hydrogen-bond acceptors (Lipinski definition) is 3. The summed E-state index contributed by atoms with van der Waals surface area (Å²) in [7, 11) is 0. The number of hydrogen-bond donors (Lipinski definition) is 2. The van der Waals surface area contributed by atoms with E-state index in [1.807, 2.05) is 6.07 Å². The number of alkyl halides is 3. The molecule has 1 heterocycles. The molecule has 5 nitrogen and oxygen atoms in total. The molecule has 31 heavy (non-hydrogen) atoms. The van der Waals surface area contributed by atoms with Crippen LogP contribution in [0.25, 0.3) is 0 Å². The molecule has 2 amide bonds. The van der Waals surface area contributed by atoms with Crippen LogP contribution in [0.3, 0.4) is 0 Å². The molecule has 1 aliphatic heterocycles. The van der Waals surface area contributed by atoms with Crippen molar-refractivity contribution in [3.8, 4) is 0 Å². The van der Waals surface area contributed by atoms with Gasteiger partial charge in [0.15, 0.2) is 0 Å². The Morgan fingerprint density at radius 2 is 1.94 bits per heavy atom. The molecule has 1 unspecified atom stereocenters. The third-order valence-corrected chi connectivity index (χ3v) is 6.61. The predicted molar refractivity (Wildman–Crippen MR) is 107 cm³/mol. The van der Waals surface area contributed by atoms with Crippen LogP contribution in [0.15, 0.2) is 36.4 Å². The number of likely N-dealkylation sites (tertiary alicyclic amines) is 1. The van der Waals surface area contributed by atoms with Crippen molar-refractivity contribution in [2.45, 2.75) is 38.4 Å². The van der Waals surface area contributed by atoms with Gasteiger partial charge in [0.05, 0.1) is 16.0 Å². The summed E-state index contributed by atoms with van der Waals surface area (Å²) < 4.78 is 39.5. The van der Waals surface area contributed by atoms with E-state index in [1.165, 1.54) is 12.1 Å². The normalized spacial score (nSPS) is 20.8. The minimum Gasteiger partial charge on any atom is -0.338 e. The predicted octanol–water partition coefficient (Wildman–Crippen LogP) is 4.39. The van der Waals surface area contributed by atoms with E-state index in [4.69, 9.17) is 16.8 Å². The fraction of sp³-hybridized carbons (Fsp3) is 0.364. The minimum absolute atomic E-state index is 0.0840. The number of carbonyl (C=O) groups excluding carboxylic acids is 2. The van der Waals surface area contributed by atoms with E-state index >= 15 is 0 Å². The van der Waals surface area contributed by atoms with Crippen molar-refractivity contribution < 1.29 is 28.0 Å². The molecule has 0 aromatic heterocycles. The molecule has 1 spiro atoms. The number of nitrogens with zero attached hydrogens (tertiary/aromatic N) is 1. The quantitative estimate of drug-likeness (QED) is 0.536. The SMILES string of the molecule is O=C(NO)c1ccc2c(c1)CC1(CC2)CCN(Cc2ccc(Cl)c(C(F)(F)F)c2)C1=O. The van der Waals surface area contributed by atoms with Gasteiger partial charge < -0.3 is 4.90 Å². The Morgan fingerprint density at radius 1 is 1.16 bits per heavy atom. The van der Waals surface area contributed by atoms with Gasteiger partial charge in [0, 0.05) is 18.7 Å². The van der Waals surface area contributed by atoms with Gasteiger partial charge in [-0.1, -0.05) is 23.7 Å². The zero-order valence-corrected chi connectivity index (χ0v) is 17.2. The fourth-order valence-electron chi connectivity index (χ4n) is 4.62. The van der Waals surface area contributed by atoms with Gasteiger partial charge in [0.2, 0.25) is 5.91 Å². The molecule has 0 radical (unpaired) electrons. The molecule has 1 atom stereocenters. The van der Waals surface area contributed by atoms with Crippen LogP contribution in [0.4, 0.5) is 13.2 Å². The second kappa shape index (κ2) is 7.84. The van der Waals surface area contributed by atoms with E-state index in [0.717, 1.165) is 17.2 Å². The number of carbonyl (C=O) groups is 2. The van der Waals surface area contributed by atoms with Gasteiger partial charge in [-0.05, 0) is 66.6 Å². The van der Waals surface area contributed by atoms with Crippen LogP contribution < -0.4 is 5.48 Å². The minimum atomic E-state index is -4.56. The lowest BCUT2D eigenvalue weighted by Gasteiger charge is -2.33. The van der Waals surface area contributed by atoms with Crippen LogP contribution in [0.1, 0.15) is 45.5 Å². The summed E-state index contributed by atoms with van der Waals surface area (Å²) in [5.41, 5.74) is 2.69. The molecule has 2 aliphatic rings. The lowest BCUT2D eigenvalue weighted by molar-refractivity contribution is -0.137. The van der Waals surface area contributed by atoms with Crippen molar-refractivity contribution in [2.24, 2.45) is 5.41 Å². The van der Waals surface area contributed by atoms with E-state index in [-0.39, 0.29) is 17.5 Å². The van der Waals surface area contributed by atoms with Crippen molar-refractivity contribution in [3.05, 3.63) is 69.2 Å². The summed E-state index contributed by atoms with van der Waals surface area (Å²) in [4.78, 5) is 26.6. The van der Waals surface area contributed by atoms with Gasteiger partial charge >= 0.3 is 6.18 Å². The maximum Gasteiger partial charge on any atom is 0.417 e. The number of aryl methyl sites for hydroxylation is 1. The van der Waals surface area contributed by atoms with Crippen molar-refractivity contribution in [1.29, 1.82) is 0 Å². The highest BCUT2D eigenvalue weighted by Crippen LogP contribution is 2.44. The van der Waals surface area contributed by atoms with Gasteiger partial charge in [0.1, 0.15) is 0 Å². The van der Waals surface area contributed by atoms with E-state index in [1.54, 1.807) is 22.5 Å². The molecule has 1 fully saturated rings. The third kappa shape index (κ3) is 4.02. The first-order valence-corrected chi connectivity index (χ1v) is 10.2. The first-order valence-electron chi connectivity index (χ1n) is 9.84. The Bertz CT molecular complexity index is 1060. The molecule has 1 aliphatic carbocycles. The summed E-state index contributed by atoms with van der Waals surface area (Å²) in [5, 5.41) is 8.49. The molecule has 0 bridgehead atoms. The smallest absolute Gasteiger partial charge is 0.338 e. The summed E-state index contributed by atoms with van der Waals surface area (Å²) in [6.07, 6.45) is -2.18.